The van der Waals surface area contributed by atoms with Crippen molar-refractivity contribution in [1.82, 2.24) is 9.97 Å². The van der Waals surface area contributed by atoms with Crippen molar-refractivity contribution in [3.8, 4) is 22.9 Å². The molecule has 0 N–H and O–H groups in total. The lowest BCUT2D eigenvalue weighted by Gasteiger charge is -2.21. The molecule has 2 rings (SSSR count). The van der Waals surface area contributed by atoms with E-state index in [2.05, 4.69) is 55.1 Å². The van der Waals surface area contributed by atoms with Gasteiger partial charge in [0.05, 0.1) is 12.9 Å². The first-order valence-corrected chi connectivity index (χ1v) is 17.8. The number of benzene rings is 1. The Morgan fingerprint density at radius 1 is 0.722 bits per heavy atom. The third-order valence-corrected chi connectivity index (χ3v) is 10.2. The van der Waals surface area contributed by atoms with Crippen molar-refractivity contribution in [2.75, 3.05) is 6.61 Å². The van der Waals surface area contributed by atoms with Gasteiger partial charge in [-0.1, -0.05) is 109 Å². The van der Waals surface area contributed by atoms with Gasteiger partial charge in [0.1, 0.15) is 5.75 Å². The van der Waals surface area contributed by atoms with E-state index in [-0.39, 0.29) is 0 Å². The van der Waals surface area contributed by atoms with Crippen LogP contribution in [0.3, 0.4) is 0 Å². The molecule has 2 aromatic rings. The average molecular weight is 511 g/mol. The first kappa shape index (κ1) is 30.1. The van der Waals surface area contributed by atoms with Crippen molar-refractivity contribution in [1.29, 1.82) is 0 Å². The fraction of sp³-hybridized carbons (Fsp3) is 0.613. The summed E-state index contributed by atoms with van der Waals surface area (Å²) in [5, 5.41) is 0. The molecule has 1 aromatic heterocycles. The van der Waals surface area contributed by atoms with Gasteiger partial charge in [0.15, 0.2) is 0 Å². The molecule has 0 aliphatic carbocycles. The van der Waals surface area contributed by atoms with Crippen LogP contribution in [0.15, 0.2) is 49.0 Å². The Morgan fingerprint density at radius 3 is 2.06 bits per heavy atom. The van der Waals surface area contributed by atoms with Gasteiger partial charge in [0.2, 0.25) is 0 Å². The maximum atomic E-state index is 5.97. The Balaban J connectivity index is 1.64. The Bertz CT molecular complexity index is 835. The molecular weight excluding hydrogens is 460 g/mol. The van der Waals surface area contributed by atoms with E-state index < -0.39 is 8.07 Å². The van der Waals surface area contributed by atoms with Gasteiger partial charge in [0, 0.05) is 26.0 Å². The molecule has 1 heterocycles. The summed E-state index contributed by atoms with van der Waals surface area (Å²) in [6.07, 6.45) is 22.8. The van der Waals surface area contributed by atoms with E-state index in [1.54, 1.807) is 6.26 Å². The highest BCUT2D eigenvalue weighted by molar-refractivity contribution is 6.77. The number of hydrogen-bond donors (Lipinski definition) is 0. The molecule has 0 saturated carbocycles. The first-order chi connectivity index (χ1) is 17.5. The molecule has 0 fully saturated rings. The van der Waals surface area contributed by atoms with Crippen molar-refractivity contribution in [2.24, 2.45) is 0 Å². The minimum atomic E-state index is -1.00. The van der Waals surface area contributed by atoms with Crippen LogP contribution in [0.2, 0.25) is 25.2 Å². The van der Waals surface area contributed by atoms with Gasteiger partial charge in [-0.25, -0.2) is 9.97 Å². The Labute approximate surface area is 222 Å². The zero-order valence-corrected chi connectivity index (χ0v) is 24.4. The second kappa shape index (κ2) is 18.2. The maximum Gasteiger partial charge on any atom is 0.321 e. The molecule has 200 valence electrons. The standard InChI is InChI=1S/C31H50N2O2Si/c1-5-7-9-10-11-12-13-14-15-23-35-31-32-26-29(27-33-31)28-18-20-30(21-19-28)34-22-16-17-25-36(3,4)24-8-6-2/h15,18-21,23,26-27H,5-14,16-17,22,24-25H2,1-4H3. The second-order valence-electron chi connectivity index (χ2n) is 10.8. The Kier molecular flexibility index (Phi) is 15.2. The maximum absolute atomic E-state index is 5.97. The lowest BCUT2D eigenvalue weighted by molar-refractivity contribution is 0.309. The van der Waals surface area contributed by atoms with Crippen LogP contribution in [-0.2, 0) is 0 Å². The molecule has 0 amide bonds. The highest BCUT2D eigenvalue weighted by Gasteiger charge is 2.18. The molecule has 0 atom stereocenters. The summed E-state index contributed by atoms with van der Waals surface area (Å²) in [5.41, 5.74) is 2.05. The minimum absolute atomic E-state index is 0.385. The van der Waals surface area contributed by atoms with Crippen molar-refractivity contribution >= 4 is 8.07 Å². The van der Waals surface area contributed by atoms with E-state index in [4.69, 9.17) is 9.47 Å². The molecule has 0 radical (unpaired) electrons. The summed E-state index contributed by atoms with van der Waals surface area (Å²) < 4.78 is 11.5. The van der Waals surface area contributed by atoms with Crippen LogP contribution in [0, 0.1) is 0 Å². The van der Waals surface area contributed by atoms with Crippen LogP contribution in [0.5, 0.6) is 11.8 Å². The topological polar surface area (TPSA) is 44.2 Å². The van der Waals surface area contributed by atoms with E-state index in [1.807, 2.05) is 24.5 Å². The van der Waals surface area contributed by atoms with Crippen molar-refractivity contribution in [3.05, 3.63) is 49.0 Å². The number of ether oxygens (including phenoxy) is 2. The zero-order valence-electron chi connectivity index (χ0n) is 23.4. The van der Waals surface area contributed by atoms with E-state index >= 15 is 0 Å². The molecule has 36 heavy (non-hydrogen) atoms. The van der Waals surface area contributed by atoms with Gasteiger partial charge < -0.3 is 9.47 Å². The van der Waals surface area contributed by atoms with Gasteiger partial charge in [-0.15, -0.1) is 0 Å². The average Bonchev–Trinajstić information content (AvgIpc) is 2.89. The van der Waals surface area contributed by atoms with Crippen LogP contribution in [0.1, 0.15) is 90.9 Å². The summed E-state index contributed by atoms with van der Waals surface area (Å²) in [5.74, 6) is 0.924. The molecule has 0 aliphatic heterocycles. The van der Waals surface area contributed by atoms with Crippen molar-refractivity contribution in [3.63, 3.8) is 0 Å². The fourth-order valence-electron chi connectivity index (χ4n) is 4.34. The van der Waals surface area contributed by atoms with Crippen LogP contribution in [0.4, 0.5) is 0 Å². The van der Waals surface area contributed by atoms with Gasteiger partial charge in [0.25, 0.3) is 0 Å². The van der Waals surface area contributed by atoms with Crippen LogP contribution < -0.4 is 9.47 Å². The Morgan fingerprint density at radius 2 is 1.36 bits per heavy atom. The lowest BCUT2D eigenvalue weighted by Crippen LogP contribution is -2.24. The molecule has 0 saturated heterocycles. The monoisotopic (exact) mass is 510 g/mol. The normalized spacial score (nSPS) is 11.8. The van der Waals surface area contributed by atoms with Gasteiger partial charge >= 0.3 is 6.01 Å². The number of hydrogen-bond acceptors (Lipinski definition) is 4. The number of unbranched alkanes of at least 4 members (excludes halogenated alkanes) is 9. The summed E-state index contributed by atoms with van der Waals surface area (Å²) in [4.78, 5) is 8.70. The van der Waals surface area contributed by atoms with Crippen molar-refractivity contribution in [2.45, 2.75) is 116 Å². The number of allylic oxidation sites excluding steroid dienone is 1. The fourth-order valence-corrected chi connectivity index (χ4v) is 7.11. The van der Waals surface area contributed by atoms with E-state index in [0.29, 0.717) is 6.01 Å². The predicted octanol–water partition coefficient (Wildman–Crippen LogP) is 9.84. The SMILES string of the molecule is CCCCCCCCCC=COc1ncc(-c2ccc(OCCCC[Si](C)(C)CCCC)cc2)cn1. The molecule has 0 spiro atoms. The molecule has 5 heteroatoms. The number of nitrogens with zero attached hydrogens (tertiary/aromatic N) is 2. The molecular formula is C31H50N2O2Si. The summed E-state index contributed by atoms with van der Waals surface area (Å²) >= 11 is 0. The smallest absolute Gasteiger partial charge is 0.321 e. The summed E-state index contributed by atoms with van der Waals surface area (Å²) in [7, 11) is -1.00. The van der Waals surface area contributed by atoms with E-state index in [9.17, 15) is 0 Å². The Hall–Kier alpha value is -2.14. The number of rotatable bonds is 20. The molecule has 1 aromatic carbocycles. The van der Waals surface area contributed by atoms with Crippen molar-refractivity contribution < 1.29 is 9.47 Å². The van der Waals surface area contributed by atoms with Gasteiger partial charge in [-0.05, 0) is 43.0 Å². The highest BCUT2D eigenvalue weighted by atomic mass is 28.3. The van der Waals surface area contributed by atoms with Crippen LogP contribution in [0.25, 0.3) is 11.1 Å². The van der Waals surface area contributed by atoms with E-state index in [0.717, 1.165) is 36.3 Å². The molecule has 0 aliphatic rings. The zero-order chi connectivity index (χ0) is 25.9. The largest absolute Gasteiger partial charge is 0.494 e. The lowest BCUT2D eigenvalue weighted by atomic mass is 10.1. The second-order valence-corrected chi connectivity index (χ2v) is 16.1. The quantitative estimate of drug-likeness (QED) is 0.101. The summed E-state index contributed by atoms with van der Waals surface area (Å²) in [6.45, 7) is 10.4. The molecule has 0 unspecified atom stereocenters. The predicted molar refractivity (Wildman–Crippen MR) is 157 cm³/mol. The molecule has 0 bridgehead atoms. The summed E-state index contributed by atoms with van der Waals surface area (Å²) in [6, 6.07) is 11.5. The van der Waals surface area contributed by atoms with Gasteiger partial charge in [-0.2, -0.15) is 0 Å². The van der Waals surface area contributed by atoms with Crippen LogP contribution in [-0.4, -0.2) is 24.6 Å². The third kappa shape index (κ3) is 13.2. The molecule has 4 nitrogen and oxygen atoms in total. The van der Waals surface area contributed by atoms with E-state index in [1.165, 1.54) is 76.3 Å². The third-order valence-electron chi connectivity index (χ3n) is 6.78. The minimum Gasteiger partial charge on any atom is -0.494 e. The van der Waals surface area contributed by atoms with Gasteiger partial charge in [-0.3, -0.25) is 0 Å². The van der Waals surface area contributed by atoms with Crippen LogP contribution >= 0.6 is 0 Å². The highest BCUT2D eigenvalue weighted by Crippen LogP contribution is 2.24. The number of aromatic nitrogens is 2. The first-order valence-electron chi connectivity index (χ1n) is 14.4.